The fraction of sp³-hybridized carbons (Fsp3) is 0.462. The Kier molecular flexibility index (Phi) is 6.06. The SMILES string of the molecule is COC(=O)c1cc(N)ccc1S(=O)(=O)N(C)C(C)CSC. The van der Waals surface area contributed by atoms with Gasteiger partial charge in [-0.25, -0.2) is 13.2 Å². The lowest BCUT2D eigenvalue weighted by atomic mass is 10.2. The number of sulfonamides is 1. The summed E-state index contributed by atoms with van der Waals surface area (Å²) in [5, 5.41) is 0. The van der Waals surface area contributed by atoms with E-state index < -0.39 is 16.0 Å². The van der Waals surface area contributed by atoms with Crippen LogP contribution in [0.1, 0.15) is 17.3 Å². The molecule has 6 nitrogen and oxygen atoms in total. The van der Waals surface area contributed by atoms with E-state index in [0.29, 0.717) is 11.4 Å². The van der Waals surface area contributed by atoms with E-state index in [2.05, 4.69) is 4.74 Å². The van der Waals surface area contributed by atoms with Gasteiger partial charge in [0, 0.05) is 24.5 Å². The Labute approximate surface area is 129 Å². The highest BCUT2D eigenvalue weighted by Gasteiger charge is 2.29. The van der Waals surface area contributed by atoms with Gasteiger partial charge < -0.3 is 10.5 Å². The van der Waals surface area contributed by atoms with Crippen LogP contribution in [-0.2, 0) is 14.8 Å². The number of benzene rings is 1. The lowest BCUT2D eigenvalue weighted by molar-refractivity contribution is 0.0596. The fourth-order valence-electron chi connectivity index (χ4n) is 1.78. The van der Waals surface area contributed by atoms with Gasteiger partial charge >= 0.3 is 5.97 Å². The Balaban J connectivity index is 3.34. The Morgan fingerprint density at radius 3 is 2.62 bits per heavy atom. The van der Waals surface area contributed by atoms with Crippen LogP contribution in [-0.4, -0.2) is 50.9 Å². The zero-order valence-corrected chi connectivity index (χ0v) is 14.1. The average Bonchev–Trinajstić information content (AvgIpc) is 2.45. The molecule has 1 aromatic rings. The van der Waals surface area contributed by atoms with Crippen molar-refractivity contribution in [2.75, 3.05) is 31.9 Å². The highest BCUT2D eigenvalue weighted by molar-refractivity contribution is 7.98. The molecule has 21 heavy (non-hydrogen) atoms. The molecule has 0 radical (unpaired) electrons. The molecule has 0 saturated heterocycles. The standard InChI is InChI=1S/C13H20N2O4S2/c1-9(8-20-4)15(2)21(17,18)12-6-5-10(14)7-11(12)13(16)19-3/h5-7,9H,8,14H2,1-4H3. The van der Waals surface area contributed by atoms with Crippen LogP contribution in [0.5, 0.6) is 0 Å². The van der Waals surface area contributed by atoms with E-state index in [0.717, 1.165) is 0 Å². The zero-order chi connectivity index (χ0) is 16.2. The third-order valence-electron chi connectivity index (χ3n) is 3.09. The molecule has 0 saturated carbocycles. The maximum atomic E-state index is 12.7. The van der Waals surface area contributed by atoms with Gasteiger partial charge in [-0.3, -0.25) is 0 Å². The number of esters is 1. The third-order valence-corrected chi connectivity index (χ3v) is 5.94. The summed E-state index contributed by atoms with van der Waals surface area (Å²) >= 11 is 1.55. The number of rotatable bonds is 6. The first kappa shape index (κ1) is 17.8. The van der Waals surface area contributed by atoms with Crippen molar-refractivity contribution < 1.29 is 17.9 Å². The first-order valence-corrected chi connectivity index (χ1v) is 9.04. The van der Waals surface area contributed by atoms with Crippen LogP contribution in [0.3, 0.4) is 0 Å². The van der Waals surface area contributed by atoms with Crippen LogP contribution in [0.25, 0.3) is 0 Å². The quantitative estimate of drug-likeness (QED) is 0.626. The van der Waals surface area contributed by atoms with Gasteiger partial charge in [0.05, 0.1) is 17.6 Å². The predicted octanol–water partition coefficient (Wildman–Crippen LogP) is 1.43. The molecule has 1 aromatic carbocycles. The number of hydrogen-bond donors (Lipinski definition) is 1. The normalized spacial score (nSPS) is 13.2. The summed E-state index contributed by atoms with van der Waals surface area (Å²) in [6, 6.07) is 3.89. The first-order chi connectivity index (χ1) is 9.75. The Hall–Kier alpha value is -1.25. The second-order valence-corrected chi connectivity index (χ2v) is 7.45. The number of nitrogens with two attached hydrogens (primary N) is 1. The summed E-state index contributed by atoms with van der Waals surface area (Å²) in [6.07, 6.45) is 1.90. The van der Waals surface area contributed by atoms with Crippen LogP contribution in [0.4, 0.5) is 5.69 Å². The minimum atomic E-state index is -3.80. The van der Waals surface area contributed by atoms with Crippen molar-refractivity contribution in [3.05, 3.63) is 23.8 Å². The van der Waals surface area contributed by atoms with Gasteiger partial charge in [0.1, 0.15) is 0 Å². The van der Waals surface area contributed by atoms with Crippen molar-refractivity contribution in [1.29, 1.82) is 0 Å². The van der Waals surface area contributed by atoms with Gasteiger partial charge in [-0.15, -0.1) is 0 Å². The summed E-state index contributed by atoms with van der Waals surface area (Å²) < 4.78 is 31.2. The van der Waals surface area contributed by atoms with Crippen molar-refractivity contribution in [1.82, 2.24) is 4.31 Å². The maximum Gasteiger partial charge on any atom is 0.339 e. The molecule has 0 aliphatic rings. The van der Waals surface area contributed by atoms with Gasteiger partial charge in [0.15, 0.2) is 0 Å². The molecule has 0 spiro atoms. The fourth-order valence-corrected chi connectivity index (χ4v) is 4.10. The first-order valence-electron chi connectivity index (χ1n) is 6.20. The van der Waals surface area contributed by atoms with Crippen LogP contribution in [0.15, 0.2) is 23.1 Å². The summed E-state index contributed by atoms with van der Waals surface area (Å²) in [7, 11) is -1.11. The van der Waals surface area contributed by atoms with E-state index >= 15 is 0 Å². The molecule has 8 heteroatoms. The second-order valence-electron chi connectivity index (χ2n) is 4.57. The number of ether oxygens (including phenoxy) is 1. The summed E-state index contributed by atoms with van der Waals surface area (Å²) in [4.78, 5) is 11.7. The average molecular weight is 332 g/mol. The Morgan fingerprint density at radius 2 is 2.10 bits per heavy atom. The molecule has 0 aromatic heterocycles. The molecule has 0 heterocycles. The molecule has 0 aliphatic carbocycles. The Morgan fingerprint density at radius 1 is 1.48 bits per heavy atom. The molecule has 1 atom stereocenters. The van der Waals surface area contributed by atoms with Crippen molar-refractivity contribution in [3.8, 4) is 0 Å². The molecule has 1 rings (SSSR count). The number of nitrogen functional groups attached to an aromatic ring is 1. The van der Waals surface area contributed by atoms with E-state index in [9.17, 15) is 13.2 Å². The van der Waals surface area contributed by atoms with E-state index in [1.54, 1.807) is 11.8 Å². The summed E-state index contributed by atoms with van der Waals surface area (Å²) in [5.74, 6) is -0.0788. The highest BCUT2D eigenvalue weighted by atomic mass is 32.2. The summed E-state index contributed by atoms with van der Waals surface area (Å²) in [5.41, 5.74) is 5.87. The summed E-state index contributed by atoms with van der Waals surface area (Å²) in [6.45, 7) is 1.81. The second kappa shape index (κ2) is 7.15. The number of hydrogen-bond acceptors (Lipinski definition) is 6. The molecule has 0 bridgehead atoms. The monoisotopic (exact) mass is 332 g/mol. The molecular formula is C13H20N2O4S2. The molecule has 0 aliphatic heterocycles. The molecule has 0 amide bonds. The molecule has 0 fully saturated rings. The van der Waals surface area contributed by atoms with Crippen molar-refractivity contribution in [2.24, 2.45) is 0 Å². The molecule has 2 N–H and O–H groups in total. The van der Waals surface area contributed by atoms with Gasteiger partial charge in [-0.1, -0.05) is 0 Å². The number of carbonyl (C=O) groups is 1. The highest BCUT2D eigenvalue weighted by Crippen LogP contribution is 2.24. The van der Waals surface area contributed by atoms with Crippen molar-refractivity contribution >= 4 is 33.4 Å². The van der Waals surface area contributed by atoms with Gasteiger partial charge in [0.2, 0.25) is 10.0 Å². The number of methoxy groups -OCH3 is 1. The molecular weight excluding hydrogens is 312 g/mol. The van der Waals surface area contributed by atoms with Crippen LogP contribution in [0, 0.1) is 0 Å². The number of carbonyl (C=O) groups excluding carboxylic acids is 1. The van der Waals surface area contributed by atoms with Gasteiger partial charge in [-0.2, -0.15) is 16.1 Å². The van der Waals surface area contributed by atoms with Crippen LogP contribution in [0.2, 0.25) is 0 Å². The van der Waals surface area contributed by atoms with Crippen molar-refractivity contribution in [2.45, 2.75) is 17.9 Å². The molecule has 1 unspecified atom stereocenters. The minimum Gasteiger partial charge on any atom is -0.465 e. The predicted molar refractivity (Wildman–Crippen MR) is 85.0 cm³/mol. The van der Waals surface area contributed by atoms with Crippen LogP contribution < -0.4 is 5.73 Å². The minimum absolute atomic E-state index is 0.0549. The topological polar surface area (TPSA) is 89.7 Å². The number of nitrogens with zero attached hydrogens (tertiary/aromatic N) is 1. The third kappa shape index (κ3) is 3.90. The van der Waals surface area contributed by atoms with E-state index in [4.69, 9.17) is 5.73 Å². The zero-order valence-electron chi connectivity index (χ0n) is 12.5. The van der Waals surface area contributed by atoms with E-state index in [-0.39, 0.29) is 16.5 Å². The number of thioether (sulfide) groups is 1. The lowest BCUT2D eigenvalue weighted by Crippen LogP contribution is -2.37. The largest absolute Gasteiger partial charge is 0.465 e. The Bertz CT molecular complexity index is 617. The van der Waals surface area contributed by atoms with Crippen LogP contribution >= 0.6 is 11.8 Å². The van der Waals surface area contributed by atoms with Gasteiger partial charge in [0.25, 0.3) is 0 Å². The van der Waals surface area contributed by atoms with Crippen molar-refractivity contribution in [3.63, 3.8) is 0 Å². The number of anilines is 1. The maximum absolute atomic E-state index is 12.7. The lowest BCUT2D eigenvalue weighted by Gasteiger charge is -2.24. The van der Waals surface area contributed by atoms with Gasteiger partial charge in [-0.05, 0) is 31.4 Å². The molecule has 118 valence electrons. The van der Waals surface area contributed by atoms with E-state index in [1.165, 1.54) is 36.7 Å². The van der Waals surface area contributed by atoms with E-state index in [1.807, 2.05) is 13.2 Å². The smallest absolute Gasteiger partial charge is 0.339 e.